The van der Waals surface area contributed by atoms with E-state index in [1.807, 2.05) is 37.4 Å². The lowest BCUT2D eigenvalue weighted by Gasteiger charge is -2.08. The molecule has 3 aromatic rings. The van der Waals surface area contributed by atoms with E-state index in [1.54, 1.807) is 6.20 Å². The molecule has 0 saturated heterocycles. The predicted octanol–water partition coefficient (Wildman–Crippen LogP) is 3.95. The molecule has 1 atom stereocenters. The molecule has 0 saturated carbocycles. The molecule has 0 radical (unpaired) electrons. The zero-order chi connectivity index (χ0) is 18.8. The van der Waals surface area contributed by atoms with E-state index in [0.29, 0.717) is 11.6 Å². The monoisotopic (exact) mass is 378 g/mol. The van der Waals surface area contributed by atoms with Crippen molar-refractivity contribution >= 4 is 28.1 Å². The maximum absolute atomic E-state index is 12.5. The van der Waals surface area contributed by atoms with Gasteiger partial charge in [0.15, 0.2) is 5.13 Å². The summed E-state index contributed by atoms with van der Waals surface area (Å²) in [6.07, 6.45) is 1.50. The van der Waals surface area contributed by atoms with Crippen LogP contribution in [-0.4, -0.2) is 27.7 Å². The van der Waals surface area contributed by atoms with Crippen LogP contribution in [0.25, 0.3) is 11.4 Å². The summed E-state index contributed by atoms with van der Waals surface area (Å²) < 4.78 is 0. The summed E-state index contributed by atoms with van der Waals surface area (Å²) in [6, 6.07) is 11.8. The molecular formula is C20H18N4O2S. The van der Waals surface area contributed by atoms with Crippen molar-refractivity contribution in [3.8, 4) is 11.4 Å². The van der Waals surface area contributed by atoms with E-state index in [2.05, 4.69) is 38.6 Å². The van der Waals surface area contributed by atoms with Gasteiger partial charge in [-0.05, 0) is 37.6 Å². The van der Waals surface area contributed by atoms with Crippen LogP contribution in [0, 0.1) is 13.8 Å². The fourth-order valence-corrected chi connectivity index (χ4v) is 3.58. The Morgan fingerprint density at radius 1 is 1.22 bits per heavy atom. The quantitative estimate of drug-likeness (QED) is 0.746. The number of aryl methyl sites for hydroxylation is 2. The maximum Gasteiger partial charge on any atom is 0.270 e. The number of rotatable bonds is 4. The zero-order valence-electron chi connectivity index (χ0n) is 15.0. The first kappa shape index (κ1) is 17.4. The van der Waals surface area contributed by atoms with Gasteiger partial charge in [-0.3, -0.25) is 15.1 Å². The largest absolute Gasteiger partial charge is 0.382 e. The summed E-state index contributed by atoms with van der Waals surface area (Å²) in [5.41, 5.74) is 5.59. The molecule has 1 aliphatic heterocycles. The van der Waals surface area contributed by atoms with Crippen LogP contribution in [0.3, 0.4) is 0 Å². The molecule has 0 aliphatic carbocycles. The Balaban J connectivity index is 1.42. The number of anilines is 1. The number of hydrogen-bond acceptors (Lipinski definition) is 6. The molecule has 3 heterocycles. The minimum atomic E-state index is -0.651. The molecule has 0 spiro atoms. The van der Waals surface area contributed by atoms with Crippen LogP contribution in [-0.2, 0) is 9.63 Å². The van der Waals surface area contributed by atoms with E-state index in [-0.39, 0.29) is 5.91 Å². The number of carbonyl (C=O) groups is 1. The molecule has 1 aliphatic rings. The molecule has 1 N–H and O–H groups in total. The third-order valence-corrected chi connectivity index (χ3v) is 5.08. The first-order chi connectivity index (χ1) is 13.1. The summed E-state index contributed by atoms with van der Waals surface area (Å²) in [5, 5.41) is 9.33. The standard InChI is InChI=1S/C20H18N4O2S/c1-12-6-7-13(2)14(9-12)16-10-18(26-24-16)19(25)23-20-22-17(11-27-20)15-5-3-4-8-21-15/h3-9,11,18H,10H2,1-2H3,(H,22,23,25). The van der Waals surface area contributed by atoms with E-state index in [9.17, 15) is 4.79 Å². The second-order valence-electron chi connectivity index (χ2n) is 6.40. The fraction of sp³-hybridized carbons (Fsp3) is 0.200. The average Bonchev–Trinajstić information content (AvgIpc) is 3.34. The molecule has 4 rings (SSSR count). The van der Waals surface area contributed by atoms with Gasteiger partial charge < -0.3 is 4.84 Å². The molecule has 1 unspecified atom stereocenters. The highest BCUT2D eigenvalue weighted by Crippen LogP contribution is 2.25. The predicted molar refractivity (Wildman–Crippen MR) is 106 cm³/mol. The summed E-state index contributed by atoms with van der Waals surface area (Å²) >= 11 is 1.36. The van der Waals surface area contributed by atoms with Gasteiger partial charge in [0.1, 0.15) is 5.69 Å². The van der Waals surface area contributed by atoms with Gasteiger partial charge in [0.25, 0.3) is 5.91 Å². The Bertz CT molecular complexity index is 1010. The normalized spacial score (nSPS) is 15.9. The number of carbonyl (C=O) groups excluding carboxylic acids is 1. The van der Waals surface area contributed by atoms with Crippen molar-refractivity contribution in [2.24, 2.45) is 5.16 Å². The Morgan fingerprint density at radius 2 is 2.11 bits per heavy atom. The van der Waals surface area contributed by atoms with Gasteiger partial charge in [0.2, 0.25) is 6.10 Å². The molecule has 27 heavy (non-hydrogen) atoms. The summed E-state index contributed by atoms with van der Waals surface area (Å²) in [5.74, 6) is -0.249. The van der Waals surface area contributed by atoms with Crippen LogP contribution in [0.15, 0.2) is 53.1 Å². The van der Waals surface area contributed by atoms with Gasteiger partial charge in [0.05, 0.1) is 11.4 Å². The fourth-order valence-electron chi connectivity index (χ4n) is 2.87. The maximum atomic E-state index is 12.5. The number of hydrogen-bond donors (Lipinski definition) is 1. The van der Waals surface area contributed by atoms with E-state index < -0.39 is 6.10 Å². The topological polar surface area (TPSA) is 76.5 Å². The minimum absolute atomic E-state index is 0.249. The lowest BCUT2D eigenvalue weighted by atomic mass is 9.98. The Morgan fingerprint density at radius 3 is 2.93 bits per heavy atom. The number of benzene rings is 1. The second-order valence-corrected chi connectivity index (χ2v) is 7.25. The molecule has 2 aromatic heterocycles. The van der Waals surface area contributed by atoms with Gasteiger partial charge in [0, 0.05) is 23.6 Å². The number of amides is 1. The number of aromatic nitrogens is 2. The van der Waals surface area contributed by atoms with Gasteiger partial charge >= 0.3 is 0 Å². The van der Waals surface area contributed by atoms with E-state index >= 15 is 0 Å². The smallest absolute Gasteiger partial charge is 0.270 e. The number of nitrogens with one attached hydrogen (secondary N) is 1. The second kappa shape index (κ2) is 7.28. The highest BCUT2D eigenvalue weighted by Gasteiger charge is 2.30. The van der Waals surface area contributed by atoms with Crippen molar-refractivity contribution < 1.29 is 9.63 Å². The summed E-state index contributed by atoms with van der Waals surface area (Å²) in [4.78, 5) is 26.6. The van der Waals surface area contributed by atoms with E-state index in [0.717, 1.165) is 33.8 Å². The van der Waals surface area contributed by atoms with Crippen molar-refractivity contribution in [3.63, 3.8) is 0 Å². The van der Waals surface area contributed by atoms with Crippen LogP contribution < -0.4 is 5.32 Å². The molecule has 6 nitrogen and oxygen atoms in total. The Hall–Kier alpha value is -3.06. The minimum Gasteiger partial charge on any atom is -0.382 e. The molecule has 0 fully saturated rings. The Labute approximate surface area is 160 Å². The van der Waals surface area contributed by atoms with E-state index in [1.165, 1.54) is 11.3 Å². The first-order valence-electron chi connectivity index (χ1n) is 8.58. The van der Waals surface area contributed by atoms with Crippen molar-refractivity contribution in [2.75, 3.05) is 5.32 Å². The van der Waals surface area contributed by atoms with Crippen molar-refractivity contribution in [1.29, 1.82) is 0 Å². The average molecular weight is 378 g/mol. The lowest BCUT2D eigenvalue weighted by Crippen LogP contribution is -2.28. The zero-order valence-corrected chi connectivity index (χ0v) is 15.8. The first-order valence-corrected chi connectivity index (χ1v) is 9.46. The number of nitrogens with zero attached hydrogens (tertiary/aromatic N) is 3. The van der Waals surface area contributed by atoms with Crippen molar-refractivity contribution in [1.82, 2.24) is 9.97 Å². The molecule has 1 aromatic carbocycles. The van der Waals surface area contributed by atoms with Crippen LogP contribution in [0.1, 0.15) is 23.1 Å². The van der Waals surface area contributed by atoms with Gasteiger partial charge in [-0.25, -0.2) is 4.98 Å². The highest BCUT2D eigenvalue weighted by molar-refractivity contribution is 7.14. The third-order valence-electron chi connectivity index (χ3n) is 4.33. The Kier molecular flexibility index (Phi) is 4.68. The van der Waals surface area contributed by atoms with E-state index in [4.69, 9.17) is 4.84 Å². The van der Waals surface area contributed by atoms with Gasteiger partial charge in [-0.1, -0.05) is 28.9 Å². The molecule has 1 amide bonds. The van der Waals surface area contributed by atoms with Crippen molar-refractivity contribution in [2.45, 2.75) is 26.4 Å². The molecular weight excluding hydrogens is 360 g/mol. The molecule has 0 bridgehead atoms. The summed E-state index contributed by atoms with van der Waals surface area (Å²) in [6.45, 7) is 4.06. The number of pyridine rings is 1. The van der Waals surface area contributed by atoms with Crippen molar-refractivity contribution in [3.05, 3.63) is 64.7 Å². The van der Waals surface area contributed by atoms with Gasteiger partial charge in [-0.2, -0.15) is 0 Å². The van der Waals surface area contributed by atoms with Crippen LogP contribution in [0.5, 0.6) is 0 Å². The number of thiazole rings is 1. The summed E-state index contributed by atoms with van der Waals surface area (Å²) in [7, 11) is 0. The highest BCUT2D eigenvalue weighted by atomic mass is 32.1. The molecule has 7 heteroatoms. The van der Waals surface area contributed by atoms with Crippen LogP contribution in [0.4, 0.5) is 5.13 Å². The van der Waals surface area contributed by atoms with Crippen LogP contribution >= 0.6 is 11.3 Å². The molecule has 136 valence electrons. The number of oxime groups is 1. The van der Waals surface area contributed by atoms with Gasteiger partial charge in [-0.15, -0.1) is 11.3 Å². The third kappa shape index (κ3) is 3.73. The van der Waals surface area contributed by atoms with Crippen LogP contribution in [0.2, 0.25) is 0 Å². The lowest BCUT2D eigenvalue weighted by molar-refractivity contribution is -0.125. The SMILES string of the molecule is Cc1ccc(C)c(C2=NOC(C(=O)Nc3nc(-c4ccccn4)cs3)C2)c1.